The maximum absolute atomic E-state index is 13.9. The van der Waals surface area contributed by atoms with E-state index in [1.807, 2.05) is 47.0 Å². The first kappa shape index (κ1) is 18.1. The summed E-state index contributed by atoms with van der Waals surface area (Å²) in [4.78, 5) is 8.49. The van der Waals surface area contributed by atoms with Crippen molar-refractivity contribution in [2.75, 3.05) is 13.1 Å². The molecule has 0 bridgehead atoms. The lowest BCUT2D eigenvalue weighted by molar-refractivity contribution is -0.139. The standard InChI is InChI=1S/C22H19F3N4/c23-22(24,25)20-18-19(16-8-4-5-9-17(16)27-20)29(15-10-12-26-13-11-15)21(28-18)14-6-2-1-3-7-14/h1-9,15,26H,10-13H2. The van der Waals surface area contributed by atoms with Crippen LogP contribution < -0.4 is 5.32 Å². The number of hydrogen-bond donors (Lipinski definition) is 1. The third kappa shape index (κ3) is 3.06. The molecule has 7 heteroatoms. The number of aromatic nitrogens is 3. The molecule has 0 atom stereocenters. The first-order chi connectivity index (χ1) is 14.0. The normalized spacial score (nSPS) is 16.0. The van der Waals surface area contributed by atoms with Crippen molar-refractivity contribution in [3.05, 3.63) is 60.3 Å². The van der Waals surface area contributed by atoms with E-state index in [0.717, 1.165) is 31.5 Å². The van der Waals surface area contributed by atoms with Crippen LogP contribution in [0.25, 0.3) is 33.3 Å². The van der Waals surface area contributed by atoms with E-state index in [2.05, 4.69) is 15.3 Å². The van der Waals surface area contributed by atoms with Crippen LogP contribution in [0, 0.1) is 0 Å². The Morgan fingerprint density at radius 2 is 1.59 bits per heavy atom. The van der Waals surface area contributed by atoms with Gasteiger partial charge < -0.3 is 9.88 Å². The summed E-state index contributed by atoms with van der Waals surface area (Å²) in [6.45, 7) is 1.65. The topological polar surface area (TPSA) is 42.7 Å². The molecule has 3 heterocycles. The van der Waals surface area contributed by atoms with Gasteiger partial charge in [0.2, 0.25) is 0 Å². The Hall–Kier alpha value is -2.93. The first-order valence-electron chi connectivity index (χ1n) is 9.68. The van der Waals surface area contributed by atoms with Gasteiger partial charge in [-0.3, -0.25) is 0 Å². The van der Waals surface area contributed by atoms with Gasteiger partial charge in [-0.25, -0.2) is 9.97 Å². The summed E-state index contributed by atoms with van der Waals surface area (Å²) in [6.07, 6.45) is -2.91. The molecule has 0 radical (unpaired) electrons. The average Bonchev–Trinajstić information content (AvgIpc) is 3.14. The largest absolute Gasteiger partial charge is 0.435 e. The van der Waals surface area contributed by atoms with Gasteiger partial charge in [0, 0.05) is 17.0 Å². The van der Waals surface area contributed by atoms with Gasteiger partial charge >= 0.3 is 6.18 Å². The lowest BCUT2D eigenvalue weighted by atomic mass is 10.0. The van der Waals surface area contributed by atoms with Gasteiger partial charge in [0.15, 0.2) is 5.69 Å². The van der Waals surface area contributed by atoms with E-state index in [-0.39, 0.29) is 11.6 Å². The highest BCUT2D eigenvalue weighted by molar-refractivity contribution is 6.05. The van der Waals surface area contributed by atoms with E-state index in [0.29, 0.717) is 22.2 Å². The van der Waals surface area contributed by atoms with Gasteiger partial charge in [-0.05, 0) is 32.0 Å². The minimum Gasteiger partial charge on any atom is -0.320 e. The Balaban J connectivity index is 1.93. The molecular formula is C22H19F3N4. The molecule has 0 saturated carbocycles. The van der Waals surface area contributed by atoms with Crippen molar-refractivity contribution in [1.82, 2.24) is 19.9 Å². The van der Waals surface area contributed by atoms with Crippen LogP contribution in [-0.4, -0.2) is 27.6 Å². The molecule has 148 valence electrons. The van der Waals surface area contributed by atoms with Crippen LogP contribution in [0.3, 0.4) is 0 Å². The van der Waals surface area contributed by atoms with E-state index in [9.17, 15) is 13.2 Å². The maximum atomic E-state index is 13.9. The molecule has 0 aliphatic carbocycles. The summed E-state index contributed by atoms with van der Waals surface area (Å²) >= 11 is 0. The van der Waals surface area contributed by atoms with Crippen molar-refractivity contribution in [2.45, 2.75) is 25.1 Å². The van der Waals surface area contributed by atoms with Crippen molar-refractivity contribution in [2.24, 2.45) is 0 Å². The maximum Gasteiger partial charge on any atom is 0.435 e. The fourth-order valence-corrected chi connectivity index (χ4v) is 4.21. The van der Waals surface area contributed by atoms with Crippen molar-refractivity contribution in [3.63, 3.8) is 0 Å². The second-order valence-corrected chi connectivity index (χ2v) is 7.33. The lowest BCUT2D eigenvalue weighted by Crippen LogP contribution is -2.29. The van der Waals surface area contributed by atoms with Crippen LogP contribution >= 0.6 is 0 Å². The fraction of sp³-hybridized carbons (Fsp3) is 0.273. The number of imidazole rings is 1. The van der Waals surface area contributed by atoms with Gasteiger partial charge in [-0.1, -0.05) is 48.5 Å². The van der Waals surface area contributed by atoms with E-state index in [1.165, 1.54) is 0 Å². The Labute approximate surface area is 165 Å². The summed E-state index contributed by atoms with van der Waals surface area (Å²) in [5.74, 6) is 0.566. The van der Waals surface area contributed by atoms with Crippen LogP contribution in [0.1, 0.15) is 24.6 Å². The zero-order chi connectivity index (χ0) is 20.0. The number of nitrogens with zero attached hydrogens (tertiary/aromatic N) is 3. The third-order valence-electron chi connectivity index (χ3n) is 5.50. The molecule has 0 amide bonds. The first-order valence-corrected chi connectivity index (χ1v) is 9.68. The number of hydrogen-bond acceptors (Lipinski definition) is 3. The number of pyridine rings is 1. The SMILES string of the molecule is FC(F)(F)c1nc2ccccc2c2c1nc(-c1ccccc1)n2C1CCNCC1. The number of fused-ring (bicyclic) bond motifs is 3. The summed E-state index contributed by atoms with van der Waals surface area (Å²) in [5, 5.41) is 4.03. The number of rotatable bonds is 2. The Bertz CT molecular complexity index is 1180. The average molecular weight is 396 g/mol. The zero-order valence-corrected chi connectivity index (χ0v) is 15.6. The summed E-state index contributed by atoms with van der Waals surface area (Å²) in [5.41, 5.74) is 0.666. The molecule has 1 saturated heterocycles. The molecule has 5 rings (SSSR count). The van der Waals surface area contributed by atoms with E-state index in [1.54, 1.807) is 12.1 Å². The predicted molar refractivity (Wildman–Crippen MR) is 107 cm³/mol. The van der Waals surface area contributed by atoms with Crippen LogP contribution in [-0.2, 0) is 6.18 Å². The van der Waals surface area contributed by atoms with Gasteiger partial charge in [0.25, 0.3) is 0 Å². The van der Waals surface area contributed by atoms with Crippen molar-refractivity contribution in [3.8, 4) is 11.4 Å². The minimum atomic E-state index is -4.58. The van der Waals surface area contributed by atoms with Crippen LogP contribution in [0.2, 0.25) is 0 Å². The van der Waals surface area contributed by atoms with Crippen LogP contribution in [0.15, 0.2) is 54.6 Å². The molecular weight excluding hydrogens is 377 g/mol. The molecule has 4 aromatic rings. The molecule has 0 unspecified atom stereocenters. The van der Waals surface area contributed by atoms with Crippen molar-refractivity contribution >= 4 is 21.9 Å². The second kappa shape index (κ2) is 6.84. The number of nitrogens with one attached hydrogen (secondary N) is 1. The Morgan fingerprint density at radius 1 is 0.897 bits per heavy atom. The molecule has 0 spiro atoms. The predicted octanol–water partition coefficient (Wildman–Crippen LogP) is 5.19. The third-order valence-corrected chi connectivity index (χ3v) is 5.50. The van der Waals surface area contributed by atoms with E-state index >= 15 is 0 Å². The Morgan fingerprint density at radius 3 is 2.31 bits per heavy atom. The number of piperidine rings is 1. The molecule has 2 aromatic heterocycles. The molecule has 4 nitrogen and oxygen atoms in total. The molecule has 2 aromatic carbocycles. The number of para-hydroxylation sites is 1. The lowest BCUT2D eigenvalue weighted by Gasteiger charge is -2.26. The van der Waals surface area contributed by atoms with Crippen molar-refractivity contribution in [1.29, 1.82) is 0 Å². The smallest absolute Gasteiger partial charge is 0.320 e. The van der Waals surface area contributed by atoms with Gasteiger partial charge in [0.05, 0.1) is 11.0 Å². The van der Waals surface area contributed by atoms with Gasteiger partial charge in [-0.15, -0.1) is 0 Å². The van der Waals surface area contributed by atoms with Crippen LogP contribution in [0.5, 0.6) is 0 Å². The minimum absolute atomic E-state index is 0.0725. The summed E-state index contributed by atoms with van der Waals surface area (Å²) in [6, 6.07) is 16.5. The molecule has 1 N–H and O–H groups in total. The zero-order valence-electron chi connectivity index (χ0n) is 15.6. The summed E-state index contributed by atoms with van der Waals surface area (Å²) in [7, 11) is 0. The van der Waals surface area contributed by atoms with Crippen LogP contribution in [0.4, 0.5) is 13.2 Å². The molecule has 29 heavy (non-hydrogen) atoms. The fourth-order valence-electron chi connectivity index (χ4n) is 4.21. The number of alkyl halides is 3. The van der Waals surface area contributed by atoms with Gasteiger partial charge in [-0.2, -0.15) is 13.2 Å². The van der Waals surface area contributed by atoms with Gasteiger partial charge in [0.1, 0.15) is 11.3 Å². The quantitative estimate of drug-likeness (QED) is 0.507. The highest BCUT2D eigenvalue weighted by Crippen LogP contribution is 2.40. The second-order valence-electron chi connectivity index (χ2n) is 7.33. The molecule has 1 fully saturated rings. The highest BCUT2D eigenvalue weighted by atomic mass is 19.4. The number of halogens is 3. The number of benzene rings is 2. The van der Waals surface area contributed by atoms with Crippen molar-refractivity contribution < 1.29 is 13.2 Å². The van der Waals surface area contributed by atoms with E-state index < -0.39 is 11.9 Å². The van der Waals surface area contributed by atoms with E-state index in [4.69, 9.17) is 0 Å². The molecule has 1 aliphatic heterocycles. The Kier molecular flexibility index (Phi) is 4.28. The summed E-state index contributed by atoms with van der Waals surface area (Å²) < 4.78 is 43.7. The highest BCUT2D eigenvalue weighted by Gasteiger charge is 2.38. The monoisotopic (exact) mass is 396 g/mol. The molecule has 1 aliphatic rings.